The Bertz CT molecular complexity index is 1040. The molecular formula is C25H23N5O. The summed E-state index contributed by atoms with van der Waals surface area (Å²) in [6, 6.07) is 12.9. The topological polar surface area (TPSA) is 94.9 Å². The molecule has 0 unspecified atom stereocenters. The molecule has 1 aromatic rings. The standard InChI is InChI=1S/C25H23N5O/c1-4-7-14-29(15-8-5-2)21-11-9-19(10-12-21)23-22(18-28)24(20(16-26)17-27)30(13-6-3)25(23)31/h4-6,9-12H,1-3,7-8,13-15H2. The van der Waals surface area contributed by atoms with Crippen molar-refractivity contribution in [2.75, 3.05) is 24.5 Å². The predicted molar refractivity (Wildman–Crippen MR) is 121 cm³/mol. The van der Waals surface area contributed by atoms with Crippen LogP contribution in [-0.4, -0.2) is 30.4 Å². The summed E-state index contributed by atoms with van der Waals surface area (Å²) in [4.78, 5) is 16.5. The Labute approximate surface area is 183 Å². The Morgan fingerprint density at radius 2 is 1.55 bits per heavy atom. The first-order valence-electron chi connectivity index (χ1n) is 9.77. The molecule has 154 valence electrons. The van der Waals surface area contributed by atoms with Gasteiger partial charge in [0.15, 0.2) is 5.57 Å². The number of anilines is 1. The Kier molecular flexibility index (Phi) is 8.14. The van der Waals surface area contributed by atoms with Crippen LogP contribution in [0.4, 0.5) is 5.69 Å². The third-order valence-electron chi connectivity index (χ3n) is 4.83. The number of nitriles is 3. The highest BCUT2D eigenvalue weighted by molar-refractivity contribution is 6.26. The van der Waals surface area contributed by atoms with Crippen molar-refractivity contribution in [3.05, 3.63) is 84.6 Å². The minimum Gasteiger partial charge on any atom is -0.371 e. The Balaban J connectivity index is 2.54. The van der Waals surface area contributed by atoms with E-state index < -0.39 is 5.91 Å². The van der Waals surface area contributed by atoms with Gasteiger partial charge in [-0.05, 0) is 30.5 Å². The van der Waals surface area contributed by atoms with Crippen LogP contribution in [0.1, 0.15) is 18.4 Å². The van der Waals surface area contributed by atoms with Crippen LogP contribution in [-0.2, 0) is 4.79 Å². The summed E-state index contributed by atoms with van der Waals surface area (Å²) in [5, 5.41) is 28.4. The Hall–Kier alpha value is -4.34. The molecule has 6 heteroatoms. The van der Waals surface area contributed by atoms with Crippen LogP contribution in [0.15, 0.2) is 79.1 Å². The van der Waals surface area contributed by atoms with Gasteiger partial charge in [0.05, 0.1) is 16.8 Å². The fourth-order valence-corrected chi connectivity index (χ4v) is 3.37. The number of amides is 1. The van der Waals surface area contributed by atoms with Crippen molar-refractivity contribution in [1.82, 2.24) is 4.90 Å². The number of carbonyl (C=O) groups excluding carboxylic acids is 1. The highest BCUT2D eigenvalue weighted by Crippen LogP contribution is 2.37. The summed E-state index contributed by atoms with van der Waals surface area (Å²) in [6.07, 6.45) is 6.87. The summed E-state index contributed by atoms with van der Waals surface area (Å²) in [5.41, 5.74) is 1.49. The maximum atomic E-state index is 13.1. The highest BCUT2D eigenvalue weighted by Gasteiger charge is 2.37. The smallest absolute Gasteiger partial charge is 0.260 e. The van der Waals surface area contributed by atoms with E-state index in [9.17, 15) is 20.6 Å². The molecule has 0 saturated heterocycles. The highest BCUT2D eigenvalue weighted by atomic mass is 16.2. The molecule has 1 aliphatic rings. The molecular weight excluding hydrogens is 386 g/mol. The van der Waals surface area contributed by atoms with Gasteiger partial charge in [0.1, 0.15) is 18.2 Å². The minimum atomic E-state index is -0.433. The van der Waals surface area contributed by atoms with Crippen molar-refractivity contribution in [2.24, 2.45) is 0 Å². The first kappa shape index (κ1) is 22.9. The Morgan fingerprint density at radius 3 is 2.00 bits per heavy atom. The molecule has 0 N–H and O–H groups in total. The van der Waals surface area contributed by atoms with E-state index in [1.807, 2.05) is 30.4 Å². The van der Waals surface area contributed by atoms with Crippen molar-refractivity contribution >= 4 is 17.2 Å². The van der Waals surface area contributed by atoms with E-state index in [-0.39, 0.29) is 29.0 Å². The second kappa shape index (κ2) is 11.0. The van der Waals surface area contributed by atoms with Gasteiger partial charge >= 0.3 is 0 Å². The zero-order valence-electron chi connectivity index (χ0n) is 17.3. The summed E-state index contributed by atoms with van der Waals surface area (Å²) in [7, 11) is 0. The molecule has 31 heavy (non-hydrogen) atoms. The van der Waals surface area contributed by atoms with Crippen LogP contribution < -0.4 is 4.90 Å². The first-order valence-corrected chi connectivity index (χ1v) is 9.77. The monoisotopic (exact) mass is 409 g/mol. The third-order valence-corrected chi connectivity index (χ3v) is 4.83. The van der Waals surface area contributed by atoms with Gasteiger partial charge in [0.2, 0.25) is 0 Å². The van der Waals surface area contributed by atoms with E-state index in [1.54, 1.807) is 24.3 Å². The van der Waals surface area contributed by atoms with E-state index in [0.717, 1.165) is 31.6 Å². The van der Waals surface area contributed by atoms with Crippen LogP contribution in [0.25, 0.3) is 5.57 Å². The van der Waals surface area contributed by atoms with Gasteiger partial charge in [-0.3, -0.25) is 4.79 Å². The summed E-state index contributed by atoms with van der Waals surface area (Å²) < 4.78 is 0. The molecule has 0 saturated carbocycles. The zero-order chi connectivity index (χ0) is 22.8. The second-order valence-electron chi connectivity index (χ2n) is 6.70. The molecule has 0 fully saturated rings. The maximum absolute atomic E-state index is 13.1. The lowest BCUT2D eigenvalue weighted by atomic mass is 9.99. The maximum Gasteiger partial charge on any atom is 0.260 e. The molecule has 1 amide bonds. The van der Waals surface area contributed by atoms with Gasteiger partial charge in [-0.1, -0.05) is 30.4 Å². The van der Waals surface area contributed by atoms with Crippen molar-refractivity contribution in [2.45, 2.75) is 12.8 Å². The summed E-state index contributed by atoms with van der Waals surface area (Å²) in [6.45, 7) is 12.9. The number of benzene rings is 1. The van der Waals surface area contributed by atoms with Gasteiger partial charge in [-0.2, -0.15) is 15.8 Å². The van der Waals surface area contributed by atoms with Crippen LogP contribution in [0.2, 0.25) is 0 Å². The molecule has 0 atom stereocenters. The second-order valence-corrected chi connectivity index (χ2v) is 6.70. The summed E-state index contributed by atoms with van der Waals surface area (Å²) >= 11 is 0. The van der Waals surface area contributed by atoms with Crippen LogP contribution in [0.3, 0.4) is 0 Å². The molecule has 0 bridgehead atoms. The number of hydrogen-bond acceptors (Lipinski definition) is 5. The molecule has 0 spiro atoms. The van der Waals surface area contributed by atoms with Crippen molar-refractivity contribution in [3.63, 3.8) is 0 Å². The number of hydrogen-bond donors (Lipinski definition) is 0. The van der Waals surface area contributed by atoms with Crippen LogP contribution in [0.5, 0.6) is 0 Å². The average Bonchev–Trinajstić information content (AvgIpc) is 3.07. The molecule has 0 radical (unpaired) electrons. The number of carbonyl (C=O) groups is 1. The van der Waals surface area contributed by atoms with Gasteiger partial charge in [0, 0.05) is 25.3 Å². The molecule has 1 aromatic carbocycles. The molecule has 0 aliphatic carbocycles. The molecule has 1 heterocycles. The van der Waals surface area contributed by atoms with E-state index >= 15 is 0 Å². The fourth-order valence-electron chi connectivity index (χ4n) is 3.37. The third kappa shape index (κ3) is 4.81. The predicted octanol–water partition coefficient (Wildman–Crippen LogP) is 4.25. The van der Waals surface area contributed by atoms with E-state index in [4.69, 9.17) is 0 Å². The van der Waals surface area contributed by atoms with E-state index in [1.165, 1.54) is 11.0 Å². The fraction of sp³-hybridized carbons (Fsp3) is 0.200. The lowest BCUT2D eigenvalue weighted by molar-refractivity contribution is -0.122. The number of nitrogens with zero attached hydrogens (tertiary/aromatic N) is 5. The van der Waals surface area contributed by atoms with Crippen molar-refractivity contribution in [3.8, 4) is 18.2 Å². The SMILES string of the molecule is C=CCCN(CCC=C)c1ccc(C2=C(C#N)C(=C(C#N)C#N)N(CC=C)C2=O)cc1. The van der Waals surface area contributed by atoms with E-state index in [0.29, 0.717) is 5.56 Å². The minimum absolute atomic E-state index is 0.0212. The van der Waals surface area contributed by atoms with Gasteiger partial charge < -0.3 is 9.80 Å². The van der Waals surface area contributed by atoms with Gasteiger partial charge in [-0.25, -0.2) is 0 Å². The van der Waals surface area contributed by atoms with Gasteiger partial charge in [-0.15, -0.1) is 19.7 Å². The largest absolute Gasteiger partial charge is 0.371 e. The Morgan fingerprint density at radius 1 is 0.968 bits per heavy atom. The van der Waals surface area contributed by atoms with Gasteiger partial charge in [0.25, 0.3) is 5.91 Å². The molecule has 6 nitrogen and oxygen atoms in total. The van der Waals surface area contributed by atoms with E-state index in [2.05, 4.69) is 24.6 Å². The van der Waals surface area contributed by atoms with Crippen LogP contribution >= 0.6 is 0 Å². The zero-order valence-corrected chi connectivity index (χ0v) is 17.3. The van der Waals surface area contributed by atoms with Crippen LogP contribution in [0, 0.1) is 34.0 Å². The lowest BCUT2D eigenvalue weighted by Crippen LogP contribution is -2.26. The summed E-state index contributed by atoms with van der Waals surface area (Å²) in [5.74, 6) is -0.433. The lowest BCUT2D eigenvalue weighted by Gasteiger charge is -2.24. The average molecular weight is 409 g/mol. The number of allylic oxidation sites excluding steroid dienone is 2. The molecule has 2 rings (SSSR count). The quantitative estimate of drug-likeness (QED) is 0.425. The molecule has 1 aliphatic heterocycles. The normalized spacial score (nSPS) is 12.6. The molecule has 0 aromatic heterocycles. The van der Waals surface area contributed by atoms with Crippen molar-refractivity contribution in [1.29, 1.82) is 15.8 Å². The number of rotatable bonds is 10. The first-order chi connectivity index (χ1) is 15.1. The van der Waals surface area contributed by atoms with Crippen molar-refractivity contribution < 1.29 is 4.79 Å².